The fraction of sp³-hybridized carbons (Fsp3) is 0.480. The Labute approximate surface area is 183 Å². The molecule has 0 radical (unpaired) electrons. The zero-order valence-corrected chi connectivity index (χ0v) is 19.5. The smallest absolute Gasteiger partial charge is 0.376 e. The SMILES string of the molecule is CC(C)=CNC(=O)C1=C(C)CCc2c(cc(NCC(F)(F)F)cc2C(C)(C)C)C(C)=C1. The van der Waals surface area contributed by atoms with Gasteiger partial charge in [-0.1, -0.05) is 31.9 Å². The van der Waals surface area contributed by atoms with Gasteiger partial charge in [-0.3, -0.25) is 4.79 Å². The molecule has 2 rings (SSSR count). The molecule has 0 saturated carbocycles. The second kappa shape index (κ2) is 9.33. The summed E-state index contributed by atoms with van der Waals surface area (Å²) in [7, 11) is 0. The van der Waals surface area contributed by atoms with Crippen molar-refractivity contribution in [3.8, 4) is 0 Å². The third-order valence-corrected chi connectivity index (χ3v) is 5.28. The Balaban J connectivity index is 2.58. The van der Waals surface area contributed by atoms with E-state index in [1.807, 2.05) is 39.8 Å². The Morgan fingerprint density at radius 2 is 1.74 bits per heavy atom. The largest absolute Gasteiger partial charge is 0.405 e. The van der Waals surface area contributed by atoms with Gasteiger partial charge < -0.3 is 10.6 Å². The van der Waals surface area contributed by atoms with Gasteiger partial charge in [-0.25, -0.2) is 0 Å². The fourth-order valence-corrected chi connectivity index (χ4v) is 3.68. The standard InChI is InChI=1S/C25H33F3N2O/c1-15(2)13-29-23(31)21-10-17(4)20-11-18(30-14-25(26,27)28)12-22(24(5,6)7)19(20)9-8-16(21)3/h10-13,30H,8-9,14H2,1-7H3,(H,29,31). The first-order chi connectivity index (χ1) is 14.2. The van der Waals surface area contributed by atoms with Crippen molar-refractivity contribution >= 4 is 17.2 Å². The number of hydrogen-bond donors (Lipinski definition) is 2. The van der Waals surface area contributed by atoms with Crippen LogP contribution in [0.1, 0.15) is 71.6 Å². The molecule has 1 aliphatic rings. The van der Waals surface area contributed by atoms with Crippen molar-refractivity contribution in [2.24, 2.45) is 0 Å². The van der Waals surface area contributed by atoms with Crippen LogP contribution in [0, 0.1) is 0 Å². The molecule has 0 spiro atoms. The summed E-state index contributed by atoms with van der Waals surface area (Å²) in [5, 5.41) is 5.35. The molecule has 0 aromatic heterocycles. The maximum Gasteiger partial charge on any atom is 0.405 e. The molecule has 0 unspecified atom stereocenters. The number of hydrogen-bond acceptors (Lipinski definition) is 2. The molecule has 0 aliphatic heterocycles. The highest BCUT2D eigenvalue weighted by Gasteiger charge is 2.28. The topological polar surface area (TPSA) is 41.1 Å². The van der Waals surface area contributed by atoms with Crippen LogP contribution in [0.25, 0.3) is 5.57 Å². The van der Waals surface area contributed by atoms with Crippen molar-refractivity contribution in [3.63, 3.8) is 0 Å². The van der Waals surface area contributed by atoms with Crippen molar-refractivity contribution in [2.75, 3.05) is 11.9 Å². The molecule has 0 atom stereocenters. The van der Waals surface area contributed by atoms with E-state index in [4.69, 9.17) is 0 Å². The number of anilines is 1. The summed E-state index contributed by atoms with van der Waals surface area (Å²) in [6.45, 7) is 12.8. The third kappa shape index (κ3) is 6.74. The summed E-state index contributed by atoms with van der Waals surface area (Å²) < 4.78 is 38.4. The third-order valence-electron chi connectivity index (χ3n) is 5.28. The van der Waals surface area contributed by atoms with Gasteiger partial charge in [0.2, 0.25) is 0 Å². The molecule has 31 heavy (non-hydrogen) atoms. The van der Waals surface area contributed by atoms with E-state index >= 15 is 0 Å². The Hall–Kier alpha value is -2.50. The molecule has 1 amide bonds. The van der Waals surface area contributed by atoms with Gasteiger partial charge >= 0.3 is 6.18 Å². The van der Waals surface area contributed by atoms with Crippen LogP contribution in [0.15, 0.2) is 41.1 Å². The van der Waals surface area contributed by atoms with Crippen LogP contribution in [-0.4, -0.2) is 18.6 Å². The Morgan fingerprint density at radius 1 is 1.10 bits per heavy atom. The molecule has 1 aromatic carbocycles. The van der Waals surface area contributed by atoms with E-state index in [1.165, 1.54) is 0 Å². The van der Waals surface area contributed by atoms with Gasteiger partial charge in [-0.2, -0.15) is 13.2 Å². The monoisotopic (exact) mass is 434 g/mol. The highest BCUT2D eigenvalue weighted by molar-refractivity contribution is 5.99. The zero-order valence-electron chi connectivity index (χ0n) is 19.5. The molecule has 0 saturated heterocycles. The maximum atomic E-state index is 12.8. The average Bonchev–Trinajstić information content (AvgIpc) is 2.63. The first-order valence-electron chi connectivity index (χ1n) is 10.5. The summed E-state index contributed by atoms with van der Waals surface area (Å²) in [4.78, 5) is 12.7. The van der Waals surface area contributed by atoms with Gasteiger partial charge in [0, 0.05) is 17.5 Å². The average molecular weight is 435 g/mol. The Morgan fingerprint density at radius 3 is 2.29 bits per heavy atom. The van der Waals surface area contributed by atoms with Gasteiger partial charge in [-0.15, -0.1) is 0 Å². The number of fused-ring (bicyclic) bond motifs is 1. The van der Waals surface area contributed by atoms with E-state index in [1.54, 1.807) is 12.3 Å². The lowest BCUT2D eigenvalue weighted by Gasteiger charge is -2.28. The van der Waals surface area contributed by atoms with Crippen LogP contribution in [0.5, 0.6) is 0 Å². The maximum absolute atomic E-state index is 12.8. The summed E-state index contributed by atoms with van der Waals surface area (Å²) >= 11 is 0. The number of rotatable bonds is 4. The minimum Gasteiger partial charge on any atom is -0.376 e. The van der Waals surface area contributed by atoms with E-state index < -0.39 is 12.7 Å². The van der Waals surface area contributed by atoms with Crippen LogP contribution in [0.2, 0.25) is 0 Å². The van der Waals surface area contributed by atoms with Crippen LogP contribution in [-0.2, 0) is 16.6 Å². The molecule has 0 heterocycles. The van der Waals surface area contributed by atoms with Crippen molar-refractivity contribution in [1.29, 1.82) is 0 Å². The number of carbonyl (C=O) groups is 1. The number of halogens is 3. The lowest BCUT2D eigenvalue weighted by molar-refractivity contribution is -0.116. The molecule has 1 aromatic rings. The minimum atomic E-state index is -4.30. The first-order valence-corrected chi connectivity index (χ1v) is 10.5. The molecule has 2 N–H and O–H groups in total. The van der Waals surface area contributed by atoms with Gasteiger partial charge in [0.1, 0.15) is 6.54 Å². The quantitative estimate of drug-likeness (QED) is 0.556. The van der Waals surface area contributed by atoms with Crippen LogP contribution in [0.3, 0.4) is 0 Å². The Kier molecular flexibility index (Phi) is 7.45. The molecular weight excluding hydrogens is 401 g/mol. The molecule has 1 aliphatic carbocycles. The van der Waals surface area contributed by atoms with Gasteiger partial charge in [0.05, 0.1) is 0 Å². The lowest BCUT2D eigenvalue weighted by Crippen LogP contribution is -2.23. The number of nitrogens with one attached hydrogen (secondary N) is 2. The van der Waals surface area contributed by atoms with Crippen molar-refractivity contribution in [2.45, 2.75) is 72.9 Å². The summed E-state index contributed by atoms with van der Waals surface area (Å²) in [6, 6.07) is 3.61. The second-order valence-corrected chi connectivity index (χ2v) is 9.49. The molecule has 0 fully saturated rings. The lowest BCUT2D eigenvalue weighted by atomic mass is 9.78. The van der Waals surface area contributed by atoms with E-state index in [-0.39, 0.29) is 11.3 Å². The highest BCUT2D eigenvalue weighted by Crippen LogP contribution is 2.37. The van der Waals surface area contributed by atoms with Crippen molar-refractivity contribution in [1.82, 2.24) is 5.32 Å². The molecule has 0 bridgehead atoms. The van der Waals surface area contributed by atoms with Crippen molar-refractivity contribution in [3.05, 3.63) is 57.8 Å². The predicted molar refractivity (Wildman–Crippen MR) is 122 cm³/mol. The molecule has 6 heteroatoms. The fourth-order valence-electron chi connectivity index (χ4n) is 3.68. The normalized spacial score (nSPS) is 14.8. The van der Waals surface area contributed by atoms with E-state index in [0.29, 0.717) is 17.7 Å². The van der Waals surface area contributed by atoms with E-state index in [0.717, 1.165) is 39.8 Å². The number of alkyl halides is 3. The zero-order chi connectivity index (χ0) is 23.6. The van der Waals surface area contributed by atoms with Crippen LogP contribution in [0.4, 0.5) is 18.9 Å². The predicted octanol–water partition coefficient (Wildman–Crippen LogP) is 6.66. The second-order valence-electron chi connectivity index (χ2n) is 9.49. The molecule has 3 nitrogen and oxygen atoms in total. The highest BCUT2D eigenvalue weighted by atomic mass is 19.4. The van der Waals surface area contributed by atoms with Crippen LogP contribution < -0.4 is 10.6 Å². The van der Waals surface area contributed by atoms with Gasteiger partial charge in [-0.05, 0) is 86.4 Å². The summed E-state index contributed by atoms with van der Waals surface area (Å²) in [5.74, 6) is -0.177. The first kappa shape index (κ1) is 24.8. The van der Waals surface area contributed by atoms with Gasteiger partial charge in [0.15, 0.2) is 0 Å². The molecule has 170 valence electrons. The summed E-state index contributed by atoms with van der Waals surface area (Å²) in [6.07, 6.45) is 0.647. The van der Waals surface area contributed by atoms with E-state index in [2.05, 4.69) is 31.4 Å². The number of allylic oxidation sites excluding steroid dienone is 3. The number of amides is 1. The minimum absolute atomic E-state index is 0.177. The van der Waals surface area contributed by atoms with Crippen molar-refractivity contribution < 1.29 is 18.0 Å². The van der Waals surface area contributed by atoms with Gasteiger partial charge in [0.25, 0.3) is 5.91 Å². The number of carbonyl (C=O) groups excluding carboxylic acids is 1. The number of benzene rings is 1. The summed E-state index contributed by atoms with van der Waals surface area (Å²) in [5.41, 5.74) is 6.67. The van der Waals surface area contributed by atoms with E-state index in [9.17, 15) is 18.0 Å². The van der Waals surface area contributed by atoms with Crippen LogP contribution >= 0.6 is 0 Å². The Bertz CT molecular complexity index is 941. The molecular formula is C25H33F3N2O.